The molecule has 4 aromatic rings. The van der Waals surface area contributed by atoms with Gasteiger partial charge in [0.1, 0.15) is 10.6 Å². The van der Waals surface area contributed by atoms with Gasteiger partial charge in [-0.05, 0) is 37.3 Å². The first-order valence-electron chi connectivity index (χ1n) is 9.49. The normalized spacial score (nSPS) is 10.9. The Labute approximate surface area is 187 Å². The molecule has 0 aliphatic carbocycles. The van der Waals surface area contributed by atoms with Crippen molar-refractivity contribution in [3.05, 3.63) is 70.2 Å². The molecule has 0 saturated carbocycles. The highest BCUT2D eigenvalue weighted by Gasteiger charge is 2.19. The third-order valence-electron chi connectivity index (χ3n) is 4.59. The Hall–Kier alpha value is -3.36. The number of carbonyl (C=O) groups excluding carboxylic acids is 2. The van der Waals surface area contributed by atoms with Crippen LogP contribution in [0.15, 0.2) is 54.6 Å². The molecule has 31 heavy (non-hydrogen) atoms. The zero-order chi connectivity index (χ0) is 22.0. The van der Waals surface area contributed by atoms with Gasteiger partial charge in [-0.25, -0.2) is 4.68 Å². The number of nitrogens with two attached hydrogens (primary N) is 1. The van der Waals surface area contributed by atoms with Crippen LogP contribution in [0.3, 0.4) is 0 Å². The standard InChI is InChI=1S/C22H19ClN4O3S/c1-13-14-12-19(31-22(14)27(26-13)17-8-4-2-6-15(17)23)21(29)25-16-7-3-5-9-18(16)30-11-10-20(24)28/h2-9,12H,10-11H2,1H3,(H2,24,28)(H,25,29). The second kappa shape index (κ2) is 8.79. The Morgan fingerprint density at radius 3 is 2.71 bits per heavy atom. The number of para-hydroxylation sites is 3. The number of fused-ring (bicyclic) bond motifs is 1. The van der Waals surface area contributed by atoms with Crippen molar-refractivity contribution in [3.8, 4) is 11.4 Å². The molecule has 7 nitrogen and oxygen atoms in total. The summed E-state index contributed by atoms with van der Waals surface area (Å²) in [5.41, 5.74) is 7.22. The minimum Gasteiger partial charge on any atom is -0.491 e. The van der Waals surface area contributed by atoms with E-state index in [0.717, 1.165) is 21.6 Å². The third-order valence-corrected chi connectivity index (χ3v) is 6.02. The molecule has 2 aromatic heterocycles. The van der Waals surface area contributed by atoms with Crippen LogP contribution in [0.2, 0.25) is 5.02 Å². The fraction of sp³-hybridized carbons (Fsp3) is 0.136. The first-order valence-corrected chi connectivity index (χ1v) is 10.7. The number of anilines is 1. The maximum atomic E-state index is 13.0. The first kappa shape index (κ1) is 20.9. The predicted molar refractivity (Wildman–Crippen MR) is 122 cm³/mol. The van der Waals surface area contributed by atoms with Crippen molar-refractivity contribution < 1.29 is 14.3 Å². The fourth-order valence-corrected chi connectivity index (χ4v) is 4.37. The van der Waals surface area contributed by atoms with Crippen molar-refractivity contribution in [3.63, 3.8) is 0 Å². The highest BCUT2D eigenvalue weighted by molar-refractivity contribution is 7.20. The van der Waals surface area contributed by atoms with Gasteiger partial charge in [0.05, 0.1) is 40.0 Å². The van der Waals surface area contributed by atoms with Crippen molar-refractivity contribution in [2.75, 3.05) is 11.9 Å². The summed E-state index contributed by atoms with van der Waals surface area (Å²) in [5, 5.41) is 8.93. The number of amides is 2. The lowest BCUT2D eigenvalue weighted by molar-refractivity contribution is -0.118. The van der Waals surface area contributed by atoms with Gasteiger partial charge in [0.25, 0.3) is 5.91 Å². The van der Waals surface area contributed by atoms with E-state index in [2.05, 4.69) is 10.4 Å². The number of hydrogen-bond acceptors (Lipinski definition) is 5. The summed E-state index contributed by atoms with van der Waals surface area (Å²) in [6.07, 6.45) is 0.0937. The maximum absolute atomic E-state index is 13.0. The number of benzene rings is 2. The van der Waals surface area contributed by atoms with Crippen LogP contribution in [0.25, 0.3) is 15.9 Å². The molecule has 0 unspecified atom stereocenters. The molecule has 9 heteroatoms. The molecule has 0 saturated heterocycles. The van der Waals surface area contributed by atoms with Gasteiger partial charge in [-0.3, -0.25) is 9.59 Å². The third kappa shape index (κ3) is 4.40. The van der Waals surface area contributed by atoms with E-state index in [4.69, 9.17) is 22.1 Å². The number of rotatable bonds is 7. The molecular weight excluding hydrogens is 436 g/mol. The van der Waals surface area contributed by atoms with Gasteiger partial charge in [0.15, 0.2) is 0 Å². The van der Waals surface area contributed by atoms with Crippen LogP contribution in [0.4, 0.5) is 5.69 Å². The van der Waals surface area contributed by atoms with Gasteiger partial charge in [0, 0.05) is 5.39 Å². The molecule has 0 spiro atoms. The summed E-state index contributed by atoms with van der Waals surface area (Å²) in [7, 11) is 0. The Kier molecular flexibility index (Phi) is 5.92. The quantitative estimate of drug-likeness (QED) is 0.427. The van der Waals surface area contributed by atoms with Gasteiger partial charge in [-0.2, -0.15) is 5.10 Å². The molecule has 2 heterocycles. The number of aromatic nitrogens is 2. The second-order valence-corrected chi connectivity index (χ2v) is 8.23. The van der Waals surface area contributed by atoms with Crippen LogP contribution in [0.5, 0.6) is 5.75 Å². The van der Waals surface area contributed by atoms with E-state index in [1.165, 1.54) is 11.3 Å². The molecule has 0 aliphatic rings. The van der Waals surface area contributed by atoms with Gasteiger partial charge in [0.2, 0.25) is 5.91 Å². The van der Waals surface area contributed by atoms with Gasteiger partial charge in [-0.15, -0.1) is 11.3 Å². The Balaban J connectivity index is 1.61. The smallest absolute Gasteiger partial charge is 0.265 e. The van der Waals surface area contributed by atoms with Crippen molar-refractivity contribution in [1.29, 1.82) is 0 Å². The minimum absolute atomic E-state index is 0.0937. The van der Waals surface area contributed by atoms with E-state index < -0.39 is 5.91 Å². The molecule has 0 fully saturated rings. The molecule has 4 rings (SSSR count). The number of ether oxygens (including phenoxy) is 1. The predicted octanol–water partition coefficient (Wildman–Crippen LogP) is 4.56. The SMILES string of the molecule is Cc1nn(-c2ccccc2Cl)c2sc(C(=O)Nc3ccccc3OCCC(N)=O)cc12. The van der Waals surface area contributed by atoms with E-state index in [1.807, 2.05) is 31.2 Å². The van der Waals surface area contributed by atoms with Crippen molar-refractivity contribution in [2.24, 2.45) is 5.73 Å². The van der Waals surface area contributed by atoms with Crippen LogP contribution in [0.1, 0.15) is 21.8 Å². The second-order valence-electron chi connectivity index (χ2n) is 6.79. The molecule has 0 aliphatic heterocycles. The average Bonchev–Trinajstić information content (AvgIpc) is 3.30. The molecule has 0 radical (unpaired) electrons. The highest BCUT2D eigenvalue weighted by atomic mass is 35.5. The summed E-state index contributed by atoms with van der Waals surface area (Å²) >= 11 is 7.68. The first-order chi connectivity index (χ1) is 14.9. The number of halogens is 1. The lowest BCUT2D eigenvalue weighted by Crippen LogP contribution is -2.16. The molecule has 2 amide bonds. The summed E-state index contributed by atoms with van der Waals surface area (Å²) in [6, 6.07) is 16.3. The molecule has 158 valence electrons. The zero-order valence-corrected chi connectivity index (χ0v) is 18.2. The monoisotopic (exact) mass is 454 g/mol. The minimum atomic E-state index is -0.449. The van der Waals surface area contributed by atoms with Crippen LogP contribution < -0.4 is 15.8 Å². The number of carbonyl (C=O) groups is 2. The molecule has 2 aromatic carbocycles. The van der Waals surface area contributed by atoms with Crippen LogP contribution in [-0.4, -0.2) is 28.2 Å². The van der Waals surface area contributed by atoms with Gasteiger partial charge < -0.3 is 15.8 Å². The topological polar surface area (TPSA) is 99.2 Å². The summed E-state index contributed by atoms with van der Waals surface area (Å²) < 4.78 is 7.36. The Morgan fingerprint density at radius 1 is 1.19 bits per heavy atom. The summed E-state index contributed by atoms with van der Waals surface area (Å²) in [6.45, 7) is 2.03. The van der Waals surface area contributed by atoms with E-state index in [-0.39, 0.29) is 18.9 Å². The van der Waals surface area contributed by atoms with Gasteiger partial charge >= 0.3 is 0 Å². The largest absolute Gasteiger partial charge is 0.491 e. The number of aryl methyl sites for hydroxylation is 1. The van der Waals surface area contributed by atoms with Crippen LogP contribution in [0, 0.1) is 6.92 Å². The number of nitrogens with zero attached hydrogens (tertiary/aromatic N) is 2. The molecule has 3 N–H and O–H groups in total. The van der Waals surface area contributed by atoms with E-state index in [1.54, 1.807) is 35.0 Å². The van der Waals surface area contributed by atoms with Crippen molar-refractivity contribution in [2.45, 2.75) is 13.3 Å². The van der Waals surface area contributed by atoms with Crippen LogP contribution >= 0.6 is 22.9 Å². The highest BCUT2D eigenvalue weighted by Crippen LogP contribution is 2.33. The summed E-state index contributed by atoms with van der Waals surface area (Å²) in [4.78, 5) is 25.3. The fourth-order valence-electron chi connectivity index (χ4n) is 3.09. The summed E-state index contributed by atoms with van der Waals surface area (Å²) in [5.74, 6) is -0.247. The lowest BCUT2D eigenvalue weighted by atomic mass is 10.2. The van der Waals surface area contributed by atoms with Crippen molar-refractivity contribution >= 4 is 50.7 Å². The molecule has 0 bridgehead atoms. The lowest BCUT2D eigenvalue weighted by Gasteiger charge is -2.11. The molecule has 0 atom stereocenters. The molecular formula is C22H19ClN4O3S. The Morgan fingerprint density at radius 2 is 1.94 bits per heavy atom. The average molecular weight is 455 g/mol. The van der Waals surface area contributed by atoms with E-state index in [0.29, 0.717) is 21.3 Å². The Bertz CT molecular complexity index is 1280. The van der Waals surface area contributed by atoms with Gasteiger partial charge in [-0.1, -0.05) is 35.9 Å². The zero-order valence-electron chi connectivity index (χ0n) is 16.6. The van der Waals surface area contributed by atoms with Crippen molar-refractivity contribution in [1.82, 2.24) is 9.78 Å². The van der Waals surface area contributed by atoms with E-state index in [9.17, 15) is 9.59 Å². The van der Waals surface area contributed by atoms with Crippen LogP contribution in [-0.2, 0) is 4.79 Å². The number of thiophene rings is 1. The number of primary amides is 1. The van der Waals surface area contributed by atoms with E-state index >= 15 is 0 Å². The number of nitrogens with one attached hydrogen (secondary N) is 1. The number of hydrogen-bond donors (Lipinski definition) is 2. The maximum Gasteiger partial charge on any atom is 0.265 e.